The van der Waals surface area contributed by atoms with Crippen molar-refractivity contribution in [3.63, 3.8) is 0 Å². The maximum absolute atomic E-state index is 11.9. The first-order chi connectivity index (χ1) is 14.2. The van der Waals surface area contributed by atoms with Gasteiger partial charge < -0.3 is 4.74 Å². The summed E-state index contributed by atoms with van der Waals surface area (Å²) in [5.41, 5.74) is 7.29. The lowest BCUT2D eigenvalue weighted by molar-refractivity contribution is -0.384. The standard InChI is InChI=1S/C20H20N4O5S/c1-13-3-9-17(14(2)11-13)29-12-19(26)22-23-20(30)21-18(25)10-6-15-4-7-16(8-5-15)24(27)28/h3-11H,12H2,1-2H3,(H,22,26)(H2,21,23,25,30). The van der Waals surface area contributed by atoms with Crippen LogP contribution in [-0.4, -0.2) is 28.5 Å². The van der Waals surface area contributed by atoms with E-state index < -0.39 is 16.7 Å². The van der Waals surface area contributed by atoms with E-state index in [0.29, 0.717) is 11.3 Å². The Morgan fingerprint density at radius 1 is 1.13 bits per heavy atom. The van der Waals surface area contributed by atoms with Gasteiger partial charge in [0, 0.05) is 18.2 Å². The first-order valence-corrected chi connectivity index (χ1v) is 9.18. The summed E-state index contributed by atoms with van der Waals surface area (Å²) in [4.78, 5) is 33.8. The number of ether oxygens (including phenoxy) is 1. The minimum Gasteiger partial charge on any atom is -0.483 e. The summed E-state index contributed by atoms with van der Waals surface area (Å²) in [6.45, 7) is 3.62. The SMILES string of the molecule is Cc1ccc(OCC(=O)NNC(=S)NC(=O)C=Cc2ccc([N+](=O)[O-])cc2)c(C)c1. The Morgan fingerprint density at radius 2 is 1.83 bits per heavy atom. The van der Waals surface area contributed by atoms with Crippen LogP contribution >= 0.6 is 12.2 Å². The number of nitrogens with one attached hydrogen (secondary N) is 3. The number of non-ortho nitro benzene ring substituents is 1. The number of hydrogen-bond donors (Lipinski definition) is 3. The van der Waals surface area contributed by atoms with Gasteiger partial charge in [0.2, 0.25) is 5.91 Å². The lowest BCUT2D eigenvalue weighted by Gasteiger charge is -2.12. The second-order valence-corrected chi connectivity index (χ2v) is 6.64. The highest BCUT2D eigenvalue weighted by molar-refractivity contribution is 7.80. The van der Waals surface area contributed by atoms with E-state index in [1.807, 2.05) is 26.0 Å². The van der Waals surface area contributed by atoms with E-state index in [4.69, 9.17) is 17.0 Å². The van der Waals surface area contributed by atoms with Crippen LogP contribution in [0.5, 0.6) is 5.75 Å². The summed E-state index contributed by atoms with van der Waals surface area (Å²) < 4.78 is 5.44. The van der Waals surface area contributed by atoms with Crippen molar-refractivity contribution in [1.82, 2.24) is 16.2 Å². The molecule has 0 spiro atoms. The predicted octanol–water partition coefficient (Wildman–Crippen LogP) is 2.33. The van der Waals surface area contributed by atoms with Gasteiger partial charge in [-0.3, -0.25) is 35.9 Å². The van der Waals surface area contributed by atoms with Gasteiger partial charge in [-0.25, -0.2) is 0 Å². The zero-order valence-corrected chi connectivity index (χ0v) is 17.1. The van der Waals surface area contributed by atoms with Gasteiger partial charge in [-0.05, 0) is 61.5 Å². The van der Waals surface area contributed by atoms with E-state index in [0.717, 1.165) is 11.1 Å². The van der Waals surface area contributed by atoms with E-state index in [1.165, 1.54) is 36.4 Å². The maximum atomic E-state index is 11.9. The number of aryl methyl sites for hydroxylation is 2. The zero-order chi connectivity index (χ0) is 22.1. The average Bonchev–Trinajstić information content (AvgIpc) is 2.70. The van der Waals surface area contributed by atoms with Crippen LogP contribution in [0.25, 0.3) is 6.08 Å². The summed E-state index contributed by atoms with van der Waals surface area (Å²) in [5, 5.41) is 12.9. The number of nitrogens with zero attached hydrogens (tertiary/aromatic N) is 1. The number of hydrogen-bond acceptors (Lipinski definition) is 6. The minimum atomic E-state index is -0.536. The van der Waals surface area contributed by atoms with Crippen LogP contribution < -0.4 is 20.9 Å². The molecule has 156 valence electrons. The number of thiocarbonyl (C=S) groups is 1. The number of carbonyl (C=O) groups excluding carboxylic acids is 2. The zero-order valence-electron chi connectivity index (χ0n) is 16.3. The first kappa shape index (κ1) is 22.5. The van der Waals surface area contributed by atoms with Crippen molar-refractivity contribution < 1.29 is 19.2 Å². The normalized spacial score (nSPS) is 10.3. The second-order valence-electron chi connectivity index (χ2n) is 6.23. The van der Waals surface area contributed by atoms with Gasteiger partial charge in [0.1, 0.15) is 5.75 Å². The smallest absolute Gasteiger partial charge is 0.276 e. The molecule has 9 nitrogen and oxygen atoms in total. The fraction of sp³-hybridized carbons (Fsp3) is 0.150. The van der Waals surface area contributed by atoms with E-state index in [1.54, 1.807) is 6.07 Å². The number of hydrazine groups is 1. The lowest BCUT2D eigenvalue weighted by atomic mass is 10.1. The number of carbonyl (C=O) groups is 2. The summed E-state index contributed by atoms with van der Waals surface area (Å²) in [6, 6.07) is 11.3. The van der Waals surface area contributed by atoms with E-state index in [-0.39, 0.29) is 17.4 Å². The molecule has 0 aliphatic heterocycles. The number of amides is 2. The Balaban J connectivity index is 1.73. The second kappa shape index (κ2) is 10.7. The molecule has 0 aromatic heterocycles. The predicted molar refractivity (Wildman–Crippen MR) is 116 cm³/mol. The summed E-state index contributed by atoms with van der Waals surface area (Å²) in [6.07, 6.45) is 2.68. The van der Waals surface area contributed by atoms with Crippen molar-refractivity contribution in [3.8, 4) is 5.75 Å². The molecule has 0 fully saturated rings. The van der Waals surface area contributed by atoms with Crippen LogP contribution in [0.3, 0.4) is 0 Å². The molecule has 0 saturated carbocycles. The Hall–Kier alpha value is -3.79. The van der Waals surface area contributed by atoms with Crippen molar-refractivity contribution in [1.29, 1.82) is 0 Å². The van der Waals surface area contributed by atoms with Gasteiger partial charge in [-0.1, -0.05) is 17.7 Å². The number of benzene rings is 2. The molecular formula is C20H20N4O5S. The topological polar surface area (TPSA) is 123 Å². The monoisotopic (exact) mass is 428 g/mol. The highest BCUT2D eigenvalue weighted by atomic mass is 32.1. The Bertz CT molecular complexity index is 989. The van der Waals surface area contributed by atoms with Crippen LogP contribution in [0.1, 0.15) is 16.7 Å². The quantitative estimate of drug-likeness (QED) is 0.279. The molecule has 0 heterocycles. The number of nitro groups is 1. The van der Waals surface area contributed by atoms with E-state index >= 15 is 0 Å². The molecule has 2 rings (SSSR count). The van der Waals surface area contributed by atoms with Gasteiger partial charge in [0.15, 0.2) is 11.7 Å². The first-order valence-electron chi connectivity index (χ1n) is 8.77. The van der Waals surface area contributed by atoms with Crippen LogP contribution in [0.4, 0.5) is 5.69 Å². The van der Waals surface area contributed by atoms with Crippen LogP contribution in [0.2, 0.25) is 0 Å². The van der Waals surface area contributed by atoms with Crippen LogP contribution in [0.15, 0.2) is 48.5 Å². The molecule has 0 saturated heterocycles. The molecule has 0 aliphatic rings. The van der Waals surface area contributed by atoms with Crippen molar-refractivity contribution in [2.24, 2.45) is 0 Å². The van der Waals surface area contributed by atoms with Gasteiger partial charge in [0.25, 0.3) is 11.6 Å². The Kier molecular flexibility index (Phi) is 8.00. The lowest BCUT2D eigenvalue weighted by Crippen LogP contribution is -2.49. The highest BCUT2D eigenvalue weighted by Crippen LogP contribution is 2.18. The van der Waals surface area contributed by atoms with Gasteiger partial charge >= 0.3 is 0 Å². The summed E-state index contributed by atoms with van der Waals surface area (Å²) in [5.74, 6) is -0.414. The summed E-state index contributed by atoms with van der Waals surface area (Å²) in [7, 11) is 0. The minimum absolute atomic E-state index is 0.0424. The molecule has 2 amide bonds. The van der Waals surface area contributed by atoms with Crippen molar-refractivity contribution in [3.05, 3.63) is 75.3 Å². The third kappa shape index (κ3) is 7.32. The van der Waals surface area contributed by atoms with Crippen molar-refractivity contribution in [2.45, 2.75) is 13.8 Å². The Labute approximate surface area is 178 Å². The highest BCUT2D eigenvalue weighted by Gasteiger charge is 2.07. The number of rotatable bonds is 6. The Morgan fingerprint density at radius 3 is 2.47 bits per heavy atom. The van der Waals surface area contributed by atoms with E-state index in [2.05, 4.69) is 16.2 Å². The van der Waals surface area contributed by atoms with E-state index in [9.17, 15) is 19.7 Å². The number of nitro benzene ring substituents is 1. The van der Waals surface area contributed by atoms with Crippen molar-refractivity contribution in [2.75, 3.05) is 6.61 Å². The third-order valence-electron chi connectivity index (χ3n) is 3.77. The third-order valence-corrected chi connectivity index (χ3v) is 3.98. The summed E-state index contributed by atoms with van der Waals surface area (Å²) >= 11 is 4.93. The largest absolute Gasteiger partial charge is 0.483 e. The maximum Gasteiger partial charge on any atom is 0.276 e. The fourth-order valence-electron chi connectivity index (χ4n) is 2.33. The van der Waals surface area contributed by atoms with Crippen LogP contribution in [-0.2, 0) is 9.59 Å². The molecule has 2 aromatic rings. The molecule has 0 unspecified atom stereocenters. The van der Waals surface area contributed by atoms with Gasteiger partial charge in [0.05, 0.1) is 4.92 Å². The molecular weight excluding hydrogens is 408 g/mol. The van der Waals surface area contributed by atoms with Crippen LogP contribution in [0, 0.1) is 24.0 Å². The van der Waals surface area contributed by atoms with Gasteiger partial charge in [-0.2, -0.15) is 0 Å². The molecule has 10 heteroatoms. The molecule has 0 bridgehead atoms. The fourth-order valence-corrected chi connectivity index (χ4v) is 2.48. The molecule has 2 aromatic carbocycles. The molecule has 0 aliphatic carbocycles. The molecule has 3 N–H and O–H groups in total. The molecule has 30 heavy (non-hydrogen) atoms. The average molecular weight is 428 g/mol. The molecule has 0 atom stereocenters. The van der Waals surface area contributed by atoms with Crippen molar-refractivity contribution >= 4 is 40.9 Å². The molecule has 0 radical (unpaired) electrons. The van der Waals surface area contributed by atoms with Gasteiger partial charge in [-0.15, -0.1) is 0 Å².